The molecule has 5 nitrogen and oxygen atoms in total. The Morgan fingerprint density at radius 2 is 1.44 bits per heavy atom. The summed E-state index contributed by atoms with van der Waals surface area (Å²) in [5.41, 5.74) is 1.96. The molecule has 5 heteroatoms. The van der Waals surface area contributed by atoms with Crippen molar-refractivity contribution in [1.29, 1.82) is 0 Å². The highest BCUT2D eigenvalue weighted by Gasteiger charge is 2.10. The molecule has 0 aromatic heterocycles. The summed E-state index contributed by atoms with van der Waals surface area (Å²) >= 11 is 0. The number of nitrogens with zero attached hydrogens (tertiary/aromatic N) is 1. The van der Waals surface area contributed by atoms with Gasteiger partial charge in [-0.05, 0) is 19.1 Å². The van der Waals surface area contributed by atoms with Crippen LogP contribution < -0.4 is 4.90 Å². The van der Waals surface area contributed by atoms with Gasteiger partial charge in [0.25, 0.3) is 0 Å². The van der Waals surface area contributed by atoms with Gasteiger partial charge in [-0.15, -0.1) is 0 Å². The van der Waals surface area contributed by atoms with Crippen LogP contribution in [0.3, 0.4) is 0 Å². The van der Waals surface area contributed by atoms with Gasteiger partial charge in [-0.3, -0.25) is 9.59 Å². The number of carboxylic acids is 2. The zero-order chi connectivity index (χ0) is 13.5. The van der Waals surface area contributed by atoms with Crippen LogP contribution >= 0.6 is 0 Å². The Balaban J connectivity index is 2.71. The number of aliphatic carboxylic acids is 2. The number of rotatable bonds is 7. The number of hydrogen-bond donors (Lipinski definition) is 2. The van der Waals surface area contributed by atoms with E-state index in [-0.39, 0.29) is 12.8 Å². The predicted molar refractivity (Wildman–Crippen MR) is 67.9 cm³/mol. The van der Waals surface area contributed by atoms with Crippen molar-refractivity contribution in [3.8, 4) is 0 Å². The van der Waals surface area contributed by atoms with E-state index in [1.165, 1.54) is 0 Å². The van der Waals surface area contributed by atoms with Crippen LogP contribution in [0, 0.1) is 6.92 Å². The normalized spacial score (nSPS) is 10.1. The quantitative estimate of drug-likeness (QED) is 0.772. The summed E-state index contributed by atoms with van der Waals surface area (Å²) in [5, 5.41) is 17.4. The van der Waals surface area contributed by atoms with Gasteiger partial charge in [0, 0.05) is 18.8 Å². The minimum atomic E-state index is -0.887. The Labute approximate surface area is 106 Å². The van der Waals surface area contributed by atoms with Gasteiger partial charge in [0.05, 0.1) is 12.8 Å². The Bertz CT molecular complexity index is 396. The van der Waals surface area contributed by atoms with Crippen LogP contribution in [0.2, 0.25) is 0 Å². The first-order chi connectivity index (χ1) is 8.49. The molecule has 98 valence electrons. The van der Waals surface area contributed by atoms with Crippen molar-refractivity contribution < 1.29 is 19.8 Å². The van der Waals surface area contributed by atoms with Crippen molar-refractivity contribution in [3.05, 3.63) is 29.8 Å². The first-order valence-electron chi connectivity index (χ1n) is 5.74. The van der Waals surface area contributed by atoms with Crippen molar-refractivity contribution in [3.63, 3.8) is 0 Å². The first kappa shape index (κ1) is 14.0. The van der Waals surface area contributed by atoms with E-state index >= 15 is 0 Å². The first-order valence-corrected chi connectivity index (χ1v) is 5.74. The van der Waals surface area contributed by atoms with Crippen molar-refractivity contribution in [2.75, 3.05) is 18.0 Å². The molecule has 1 aromatic rings. The molecule has 0 unspecified atom stereocenters. The van der Waals surface area contributed by atoms with Crippen molar-refractivity contribution in [1.82, 2.24) is 0 Å². The topological polar surface area (TPSA) is 77.8 Å². The van der Waals surface area contributed by atoms with E-state index < -0.39 is 11.9 Å². The summed E-state index contributed by atoms with van der Waals surface area (Å²) in [5.74, 6) is -1.77. The maximum absolute atomic E-state index is 10.6. The van der Waals surface area contributed by atoms with Crippen LogP contribution in [0.4, 0.5) is 5.69 Å². The fourth-order valence-corrected chi connectivity index (χ4v) is 1.59. The minimum Gasteiger partial charge on any atom is -0.481 e. The second-order valence-corrected chi connectivity index (χ2v) is 4.11. The van der Waals surface area contributed by atoms with E-state index in [4.69, 9.17) is 10.2 Å². The third-order valence-corrected chi connectivity index (χ3v) is 2.59. The number of carbonyl (C=O) groups is 2. The molecule has 18 heavy (non-hydrogen) atoms. The van der Waals surface area contributed by atoms with Crippen molar-refractivity contribution in [2.24, 2.45) is 0 Å². The smallest absolute Gasteiger partial charge is 0.305 e. The molecule has 1 rings (SSSR count). The molecule has 0 fully saturated rings. The third kappa shape index (κ3) is 4.86. The highest BCUT2D eigenvalue weighted by atomic mass is 16.4. The second kappa shape index (κ2) is 6.64. The molecule has 0 spiro atoms. The lowest BCUT2D eigenvalue weighted by molar-refractivity contribution is -0.137. The van der Waals surface area contributed by atoms with E-state index in [1.54, 1.807) is 4.90 Å². The zero-order valence-corrected chi connectivity index (χ0v) is 10.3. The number of benzene rings is 1. The molecule has 1 aromatic carbocycles. The average molecular weight is 251 g/mol. The number of carboxylic acid groups (broad SMARTS) is 2. The van der Waals surface area contributed by atoms with Gasteiger partial charge in [-0.25, -0.2) is 0 Å². The maximum atomic E-state index is 10.6. The summed E-state index contributed by atoms with van der Waals surface area (Å²) in [6, 6.07) is 7.59. The lowest BCUT2D eigenvalue weighted by Gasteiger charge is -2.23. The molecule has 0 atom stereocenters. The summed E-state index contributed by atoms with van der Waals surface area (Å²) in [4.78, 5) is 22.9. The van der Waals surface area contributed by atoms with Crippen LogP contribution in [-0.4, -0.2) is 35.2 Å². The SMILES string of the molecule is Cc1ccc(N(CCC(=O)O)CCC(=O)O)cc1. The van der Waals surface area contributed by atoms with Gasteiger partial charge in [0.2, 0.25) is 0 Å². The van der Waals surface area contributed by atoms with Crippen LogP contribution in [0.1, 0.15) is 18.4 Å². The van der Waals surface area contributed by atoms with Crippen LogP contribution in [0.5, 0.6) is 0 Å². The summed E-state index contributed by atoms with van der Waals surface area (Å²) < 4.78 is 0. The van der Waals surface area contributed by atoms with E-state index in [2.05, 4.69) is 0 Å². The Hall–Kier alpha value is -2.04. The molecule has 0 aliphatic carbocycles. The monoisotopic (exact) mass is 251 g/mol. The maximum Gasteiger partial charge on any atom is 0.305 e. The summed E-state index contributed by atoms with van der Waals surface area (Å²) in [6.07, 6.45) is -0.0129. The fourth-order valence-electron chi connectivity index (χ4n) is 1.59. The number of aryl methyl sites for hydroxylation is 1. The lowest BCUT2D eigenvalue weighted by atomic mass is 10.2. The Morgan fingerprint density at radius 3 is 1.83 bits per heavy atom. The molecule has 0 radical (unpaired) electrons. The molecule has 0 saturated heterocycles. The Morgan fingerprint density at radius 1 is 1.00 bits per heavy atom. The summed E-state index contributed by atoms with van der Waals surface area (Å²) in [7, 11) is 0. The zero-order valence-electron chi connectivity index (χ0n) is 10.3. The van der Waals surface area contributed by atoms with Gasteiger partial charge in [0.1, 0.15) is 0 Å². The van der Waals surface area contributed by atoms with Crippen LogP contribution in [-0.2, 0) is 9.59 Å². The second-order valence-electron chi connectivity index (χ2n) is 4.11. The third-order valence-electron chi connectivity index (χ3n) is 2.59. The van der Waals surface area contributed by atoms with E-state index in [0.29, 0.717) is 13.1 Å². The Kier molecular flexibility index (Phi) is 5.17. The summed E-state index contributed by atoms with van der Waals surface area (Å²) in [6.45, 7) is 2.58. The lowest BCUT2D eigenvalue weighted by Crippen LogP contribution is -2.28. The molecule has 0 bridgehead atoms. The fraction of sp³-hybridized carbons (Fsp3) is 0.385. The molecular formula is C13H17NO4. The number of hydrogen-bond acceptors (Lipinski definition) is 3. The van der Waals surface area contributed by atoms with Gasteiger partial charge < -0.3 is 15.1 Å². The highest BCUT2D eigenvalue weighted by Crippen LogP contribution is 2.15. The minimum absolute atomic E-state index is 0.00645. The largest absolute Gasteiger partial charge is 0.481 e. The molecule has 0 heterocycles. The van der Waals surface area contributed by atoms with Crippen LogP contribution in [0.25, 0.3) is 0 Å². The van der Waals surface area contributed by atoms with Gasteiger partial charge in [0.15, 0.2) is 0 Å². The van der Waals surface area contributed by atoms with Gasteiger partial charge in [-0.1, -0.05) is 17.7 Å². The van der Waals surface area contributed by atoms with Crippen LogP contribution in [0.15, 0.2) is 24.3 Å². The molecule has 0 aliphatic rings. The van der Waals surface area contributed by atoms with Gasteiger partial charge >= 0.3 is 11.9 Å². The molecular weight excluding hydrogens is 234 g/mol. The highest BCUT2D eigenvalue weighted by molar-refractivity contribution is 5.69. The standard InChI is InChI=1S/C13H17NO4/c1-10-2-4-11(5-3-10)14(8-6-12(15)16)9-7-13(17)18/h2-5H,6-9H2,1H3,(H,15,16)(H,17,18). The van der Waals surface area contributed by atoms with Crippen molar-refractivity contribution in [2.45, 2.75) is 19.8 Å². The van der Waals surface area contributed by atoms with Crippen molar-refractivity contribution >= 4 is 17.6 Å². The van der Waals surface area contributed by atoms with E-state index in [1.807, 2.05) is 31.2 Å². The van der Waals surface area contributed by atoms with E-state index in [9.17, 15) is 9.59 Å². The molecule has 0 saturated carbocycles. The van der Waals surface area contributed by atoms with Gasteiger partial charge in [-0.2, -0.15) is 0 Å². The van der Waals surface area contributed by atoms with E-state index in [0.717, 1.165) is 11.3 Å². The molecule has 0 aliphatic heterocycles. The number of anilines is 1. The predicted octanol–water partition coefficient (Wildman–Crippen LogP) is 1.75. The average Bonchev–Trinajstić information content (AvgIpc) is 2.30. The molecule has 2 N–H and O–H groups in total. The molecule has 0 amide bonds.